The maximum Gasteiger partial charge on any atom is 0.0344 e. The Morgan fingerprint density at radius 3 is 2.74 bits per heavy atom. The molecule has 4 heteroatoms. The predicted molar refractivity (Wildman–Crippen MR) is 78.8 cm³/mol. The number of rotatable bonds is 4. The number of pyridine rings is 1. The van der Waals surface area contributed by atoms with Crippen molar-refractivity contribution in [3.63, 3.8) is 0 Å². The van der Waals surface area contributed by atoms with Crippen LogP contribution in [0.25, 0.3) is 0 Å². The molecular weight excluding hydrogens is 236 g/mol. The van der Waals surface area contributed by atoms with E-state index in [9.17, 15) is 0 Å². The molecule has 1 unspecified atom stereocenters. The van der Waals surface area contributed by atoms with Gasteiger partial charge in [0.2, 0.25) is 0 Å². The van der Waals surface area contributed by atoms with Crippen molar-refractivity contribution in [2.24, 2.45) is 5.73 Å². The van der Waals surface area contributed by atoms with Gasteiger partial charge in [-0.15, -0.1) is 0 Å². The molecule has 1 aromatic heterocycles. The monoisotopic (exact) mass is 262 g/mol. The van der Waals surface area contributed by atoms with Crippen molar-refractivity contribution in [2.75, 3.05) is 33.7 Å². The van der Waals surface area contributed by atoms with Crippen molar-refractivity contribution >= 4 is 0 Å². The van der Waals surface area contributed by atoms with Gasteiger partial charge in [0, 0.05) is 31.0 Å². The molecule has 1 aliphatic heterocycles. The number of nitrogens with zero attached hydrogens (tertiary/aromatic N) is 3. The van der Waals surface area contributed by atoms with Crippen LogP contribution in [0, 0.1) is 0 Å². The summed E-state index contributed by atoms with van der Waals surface area (Å²) in [6, 6.07) is 4.17. The SMILES string of the molecule is CN1CCCC(CN)(N(C)Cc2ccncc2)CC1. The maximum absolute atomic E-state index is 6.14. The van der Waals surface area contributed by atoms with Gasteiger partial charge in [0.1, 0.15) is 0 Å². The molecule has 0 aromatic carbocycles. The fourth-order valence-electron chi connectivity index (χ4n) is 2.99. The average Bonchev–Trinajstić information content (AvgIpc) is 2.62. The standard InChI is InChI=1S/C15H26N4/c1-18-10-3-6-15(13-16,7-11-18)19(2)12-14-4-8-17-9-5-14/h4-5,8-9H,3,6-7,10-13,16H2,1-2H3. The lowest BCUT2D eigenvalue weighted by Crippen LogP contribution is -2.52. The van der Waals surface area contributed by atoms with Crippen molar-refractivity contribution in [3.8, 4) is 0 Å². The zero-order chi connectivity index (χ0) is 13.7. The summed E-state index contributed by atoms with van der Waals surface area (Å²) in [4.78, 5) is 8.94. The van der Waals surface area contributed by atoms with Crippen molar-refractivity contribution in [1.29, 1.82) is 0 Å². The molecule has 1 atom stereocenters. The van der Waals surface area contributed by atoms with Gasteiger partial charge in [-0.2, -0.15) is 0 Å². The topological polar surface area (TPSA) is 45.4 Å². The van der Waals surface area contributed by atoms with Crippen LogP contribution < -0.4 is 5.73 Å². The summed E-state index contributed by atoms with van der Waals surface area (Å²) in [5, 5.41) is 0. The Bertz CT molecular complexity index is 381. The summed E-state index contributed by atoms with van der Waals surface area (Å²) in [6.07, 6.45) is 7.30. The summed E-state index contributed by atoms with van der Waals surface area (Å²) in [6.45, 7) is 4.01. The van der Waals surface area contributed by atoms with Crippen LogP contribution in [0.15, 0.2) is 24.5 Å². The molecule has 2 N–H and O–H groups in total. The van der Waals surface area contributed by atoms with Crippen LogP contribution in [-0.2, 0) is 6.54 Å². The maximum atomic E-state index is 6.14. The lowest BCUT2D eigenvalue weighted by atomic mass is 9.88. The molecule has 0 aliphatic carbocycles. The van der Waals surface area contributed by atoms with Gasteiger partial charge >= 0.3 is 0 Å². The largest absolute Gasteiger partial charge is 0.329 e. The quantitative estimate of drug-likeness (QED) is 0.889. The predicted octanol–water partition coefficient (Wildman–Crippen LogP) is 1.33. The minimum Gasteiger partial charge on any atom is -0.329 e. The number of likely N-dealkylation sites (N-methyl/N-ethyl adjacent to an activating group) is 1. The summed E-state index contributed by atoms with van der Waals surface area (Å²) >= 11 is 0. The van der Waals surface area contributed by atoms with Gasteiger partial charge in [-0.1, -0.05) is 0 Å². The Kier molecular flexibility index (Phi) is 4.91. The smallest absolute Gasteiger partial charge is 0.0344 e. The molecule has 1 saturated heterocycles. The number of aromatic nitrogens is 1. The Morgan fingerprint density at radius 2 is 2.05 bits per heavy atom. The molecule has 0 bridgehead atoms. The van der Waals surface area contributed by atoms with E-state index >= 15 is 0 Å². The van der Waals surface area contributed by atoms with E-state index in [1.165, 1.54) is 24.9 Å². The van der Waals surface area contributed by atoms with E-state index in [1.54, 1.807) is 0 Å². The van der Waals surface area contributed by atoms with Gasteiger partial charge in [0.05, 0.1) is 0 Å². The zero-order valence-electron chi connectivity index (χ0n) is 12.2. The minimum absolute atomic E-state index is 0.147. The Labute approximate surface area is 116 Å². The molecule has 0 radical (unpaired) electrons. The van der Waals surface area contributed by atoms with Gasteiger partial charge in [0.25, 0.3) is 0 Å². The van der Waals surface area contributed by atoms with Gasteiger partial charge in [-0.25, -0.2) is 0 Å². The zero-order valence-corrected chi connectivity index (χ0v) is 12.2. The average molecular weight is 262 g/mol. The molecule has 1 aromatic rings. The molecule has 1 fully saturated rings. The van der Waals surface area contributed by atoms with E-state index < -0.39 is 0 Å². The van der Waals surface area contributed by atoms with Gasteiger partial charge in [-0.05, 0) is 64.1 Å². The van der Waals surface area contributed by atoms with E-state index in [0.29, 0.717) is 0 Å². The number of hydrogen-bond acceptors (Lipinski definition) is 4. The summed E-state index contributed by atoms with van der Waals surface area (Å²) < 4.78 is 0. The molecular formula is C15H26N4. The first-order valence-electron chi connectivity index (χ1n) is 7.15. The highest BCUT2D eigenvalue weighted by Gasteiger charge is 2.34. The summed E-state index contributed by atoms with van der Waals surface area (Å²) in [5.74, 6) is 0. The minimum atomic E-state index is 0.147. The normalized spacial score (nSPS) is 25.5. The fraction of sp³-hybridized carbons (Fsp3) is 0.667. The van der Waals surface area contributed by atoms with Crippen LogP contribution in [0.4, 0.5) is 0 Å². The van der Waals surface area contributed by atoms with E-state index in [1.807, 2.05) is 12.4 Å². The van der Waals surface area contributed by atoms with E-state index in [4.69, 9.17) is 5.73 Å². The van der Waals surface area contributed by atoms with Crippen LogP contribution in [0.1, 0.15) is 24.8 Å². The number of nitrogens with two attached hydrogens (primary N) is 1. The van der Waals surface area contributed by atoms with Crippen LogP contribution in [0.5, 0.6) is 0 Å². The molecule has 1 aliphatic rings. The Hall–Kier alpha value is -0.970. The second-order valence-corrected chi connectivity index (χ2v) is 5.80. The first-order chi connectivity index (χ1) is 9.16. The van der Waals surface area contributed by atoms with Crippen molar-refractivity contribution in [2.45, 2.75) is 31.3 Å². The first kappa shape index (κ1) is 14.4. The molecule has 0 amide bonds. The van der Waals surface area contributed by atoms with E-state index in [2.05, 4.69) is 41.0 Å². The molecule has 0 spiro atoms. The van der Waals surface area contributed by atoms with Crippen LogP contribution in [0.3, 0.4) is 0 Å². The Morgan fingerprint density at radius 1 is 1.32 bits per heavy atom. The van der Waals surface area contributed by atoms with Crippen LogP contribution in [0.2, 0.25) is 0 Å². The van der Waals surface area contributed by atoms with Crippen molar-refractivity contribution in [1.82, 2.24) is 14.8 Å². The second kappa shape index (κ2) is 6.46. The molecule has 2 heterocycles. The summed E-state index contributed by atoms with van der Waals surface area (Å²) in [5.41, 5.74) is 7.59. The summed E-state index contributed by atoms with van der Waals surface area (Å²) in [7, 11) is 4.41. The molecule has 106 valence electrons. The molecule has 4 nitrogen and oxygen atoms in total. The fourth-order valence-corrected chi connectivity index (χ4v) is 2.99. The van der Waals surface area contributed by atoms with Gasteiger partial charge in [-0.3, -0.25) is 9.88 Å². The molecule has 19 heavy (non-hydrogen) atoms. The third kappa shape index (κ3) is 3.53. The van der Waals surface area contributed by atoms with Crippen molar-refractivity contribution < 1.29 is 0 Å². The van der Waals surface area contributed by atoms with Crippen LogP contribution in [-0.4, -0.2) is 54.1 Å². The third-order valence-corrected chi connectivity index (χ3v) is 4.50. The number of likely N-dealkylation sites (tertiary alicyclic amines) is 1. The lowest BCUT2D eigenvalue weighted by molar-refractivity contribution is 0.100. The molecule has 0 saturated carbocycles. The highest BCUT2D eigenvalue weighted by molar-refractivity contribution is 5.10. The van der Waals surface area contributed by atoms with E-state index in [-0.39, 0.29) is 5.54 Å². The van der Waals surface area contributed by atoms with Crippen molar-refractivity contribution in [3.05, 3.63) is 30.1 Å². The second-order valence-electron chi connectivity index (χ2n) is 5.80. The highest BCUT2D eigenvalue weighted by Crippen LogP contribution is 2.28. The van der Waals surface area contributed by atoms with Gasteiger partial charge in [0.15, 0.2) is 0 Å². The highest BCUT2D eigenvalue weighted by atomic mass is 15.2. The molecule has 2 rings (SSSR count). The van der Waals surface area contributed by atoms with E-state index in [0.717, 1.165) is 26.1 Å². The first-order valence-corrected chi connectivity index (χ1v) is 7.15. The Balaban J connectivity index is 2.07. The lowest BCUT2D eigenvalue weighted by Gasteiger charge is -2.41. The number of hydrogen-bond donors (Lipinski definition) is 1. The third-order valence-electron chi connectivity index (χ3n) is 4.50. The van der Waals surface area contributed by atoms with Crippen LogP contribution >= 0.6 is 0 Å². The van der Waals surface area contributed by atoms with Gasteiger partial charge < -0.3 is 10.6 Å².